The summed E-state index contributed by atoms with van der Waals surface area (Å²) in [6.07, 6.45) is 1.64. The van der Waals surface area contributed by atoms with Gasteiger partial charge in [-0.3, -0.25) is 0 Å². The number of nitrogens with zero attached hydrogens (tertiary/aromatic N) is 3. The molecule has 21 heavy (non-hydrogen) atoms. The topological polar surface area (TPSA) is 89.0 Å². The number of hydrogen-bond acceptors (Lipinski definition) is 7. The van der Waals surface area contributed by atoms with Gasteiger partial charge < -0.3 is 19.6 Å². The van der Waals surface area contributed by atoms with Crippen LogP contribution in [0.3, 0.4) is 0 Å². The minimum absolute atomic E-state index is 0.463. The summed E-state index contributed by atoms with van der Waals surface area (Å²) in [5.41, 5.74) is 0.842. The quantitative estimate of drug-likeness (QED) is 0.744. The smallest absolute Gasteiger partial charge is 0.230 e. The first-order valence-corrected chi connectivity index (χ1v) is 6.51. The Morgan fingerprint density at radius 3 is 2.76 bits per heavy atom. The lowest BCUT2D eigenvalue weighted by atomic mass is 10.4. The number of rotatable bonds is 5. The summed E-state index contributed by atoms with van der Waals surface area (Å²) in [5.74, 6) is 3.32. The summed E-state index contributed by atoms with van der Waals surface area (Å²) in [6.45, 7) is 4.29. The van der Waals surface area contributed by atoms with Gasteiger partial charge in [0, 0.05) is 17.8 Å². The van der Waals surface area contributed by atoms with Crippen molar-refractivity contribution < 1.29 is 8.94 Å². The van der Waals surface area contributed by atoms with Crippen molar-refractivity contribution in [3.05, 3.63) is 47.7 Å². The van der Waals surface area contributed by atoms with Crippen molar-refractivity contribution in [1.29, 1.82) is 0 Å². The van der Waals surface area contributed by atoms with E-state index in [1.807, 2.05) is 32.0 Å². The van der Waals surface area contributed by atoms with Crippen LogP contribution in [0.15, 0.2) is 39.5 Å². The highest BCUT2D eigenvalue weighted by Crippen LogP contribution is 2.16. The minimum atomic E-state index is 0.463. The lowest BCUT2D eigenvalue weighted by molar-refractivity contribution is 0.400. The SMILES string of the molecule is Cc1cc(NCc2ccco2)nc(Nc2cc(C)on2)n1. The zero-order valence-corrected chi connectivity index (χ0v) is 11.8. The number of aryl methyl sites for hydroxylation is 2. The molecule has 0 fully saturated rings. The molecule has 0 saturated heterocycles. The van der Waals surface area contributed by atoms with E-state index in [2.05, 4.69) is 25.8 Å². The van der Waals surface area contributed by atoms with Gasteiger partial charge in [-0.05, 0) is 26.0 Å². The van der Waals surface area contributed by atoms with Crippen LogP contribution in [0, 0.1) is 13.8 Å². The van der Waals surface area contributed by atoms with E-state index in [1.165, 1.54) is 0 Å². The molecule has 0 radical (unpaired) electrons. The zero-order valence-electron chi connectivity index (χ0n) is 11.8. The van der Waals surface area contributed by atoms with E-state index in [0.717, 1.165) is 17.2 Å². The highest BCUT2D eigenvalue weighted by atomic mass is 16.5. The normalized spacial score (nSPS) is 10.6. The molecule has 0 unspecified atom stereocenters. The van der Waals surface area contributed by atoms with Crippen LogP contribution in [-0.2, 0) is 6.54 Å². The maximum absolute atomic E-state index is 5.27. The van der Waals surface area contributed by atoms with Gasteiger partial charge in [0.2, 0.25) is 5.95 Å². The first kappa shape index (κ1) is 13.2. The second-order valence-electron chi connectivity index (χ2n) is 4.60. The fourth-order valence-electron chi connectivity index (χ4n) is 1.85. The molecule has 0 spiro atoms. The third-order valence-electron chi connectivity index (χ3n) is 2.75. The van der Waals surface area contributed by atoms with Crippen LogP contribution >= 0.6 is 0 Å². The third-order valence-corrected chi connectivity index (χ3v) is 2.75. The van der Waals surface area contributed by atoms with Crippen LogP contribution in [-0.4, -0.2) is 15.1 Å². The number of aromatic nitrogens is 3. The van der Waals surface area contributed by atoms with Crippen molar-refractivity contribution in [3.8, 4) is 0 Å². The Bertz CT molecular complexity index is 721. The molecule has 3 aromatic heterocycles. The minimum Gasteiger partial charge on any atom is -0.467 e. The lowest BCUT2D eigenvalue weighted by Gasteiger charge is -2.07. The molecule has 0 aliphatic heterocycles. The zero-order chi connectivity index (χ0) is 14.7. The molecule has 3 rings (SSSR count). The number of hydrogen-bond donors (Lipinski definition) is 2. The fourth-order valence-corrected chi connectivity index (χ4v) is 1.85. The highest BCUT2D eigenvalue weighted by molar-refractivity contribution is 5.51. The van der Waals surface area contributed by atoms with Gasteiger partial charge in [0.15, 0.2) is 5.82 Å². The second-order valence-corrected chi connectivity index (χ2v) is 4.60. The lowest BCUT2D eigenvalue weighted by Crippen LogP contribution is -2.05. The summed E-state index contributed by atoms with van der Waals surface area (Å²) in [5, 5.41) is 10.1. The molecular weight excluding hydrogens is 270 g/mol. The Morgan fingerprint density at radius 2 is 2.05 bits per heavy atom. The maximum atomic E-state index is 5.27. The molecule has 7 nitrogen and oxygen atoms in total. The van der Waals surface area contributed by atoms with E-state index >= 15 is 0 Å². The van der Waals surface area contributed by atoms with Crippen molar-refractivity contribution in [2.75, 3.05) is 10.6 Å². The van der Waals surface area contributed by atoms with Gasteiger partial charge in [-0.25, -0.2) is 4.98 Å². The van der Waals surface area contributed by atoms with Crippen molar-refractivity contribution >= 4 is 17.6 Å². The first-order valence-electron chi connectivity index (χ1n) is 6.51. The molecule has 0 saturated carbocycles. The first-order chi connectivity index (χ1) is 10.2. The molecular formula is C14H15N5O2. The predicted octanol–water partition coefficient (Wildman–Crippen LogP) is 3.03. The van der Waals surface area contributed by atoms with Crippen molar-refractivity contribution in [2.45, 2.75) is 20.4 Å². The molecule has 0 aromatic carbocycles. The molecule has 3 heterocycles. The van der Waals surface area contributed by atoms with E-state index < -0.39 is 0 Å². The number of anilines is 3. The Balaban J connectivity index is 1.72. The molecule has 3 aromatic rings. The average Bonchev–Trinajstić information content (AvgIpc) is 3.08. The van der Waals surface area contributed by atoms with Gasteiger partial charge in [0.25, 0.3) is 0 Å². The summed E-state index contributed by atoms with van der Waals surface area (Å²) < 4.78 is 10.3. The van der Waals surface area contributed by atoms with E-state index in [9.17, 15) is 0 Å². The fraction of sp³-hybridized carbons (Fsp3) is 0.214. The Hall–Kier alpha value is -2.83. The van der Waals surface area contributed by atoms with Crippen molar-refractivity contribution in [3.63, 3.8) is 0 Å². The van der Waals surface area contributed by atoms with Crippen LogP contribution in [0.5, 0.6) is 0 Å². The van der Waals surface area contributed by atoms with Crippen LogP contribution in [0.25, 0.3) is 0 Å². The Morgan fingerprint density at radius 1 is 1.14 bits per heavy atom. The largest absolute Gasteiger partial charge is 0.467 e. The third kappa shape index (κ3) is 3.38. The van der Waals surface area contributed by atoms with Crippen LogP contribution in [0.4, 0.5) is 17.6 Å². The Labute approximate surface area is 121 Å². The van der Waals surface area contributed by atoms with Crippen LogP contribution in [0.2, 0.25) is 0 Å². The summed E-state index contributed by atoms with van der Waals surface area (Å²) >= 11 is 0. The monoisotopic (exact) mass is 285 g/mol. The Kier molecular flexibility index (Phi) is 3.55. The van der Waals surface area contributed by atoms with Crippen LogP contribution in [0.1, 0.15) is 17.2 Å². The second kappa shape index (κ2) is 5.66. The molecule has 0 aliphatic rings. The number of furan rings is 1. The van der Waals surface area contributed by atoms with Gasteiger partial charge in [-0.15, -0.1) is 0 Å². The van der Waals surface area contributed by atoms with E-state index in [-0.39, 0.29) is 0 Å². The van der Waals surface area contributed by atoms with E-state index in [1.54, 1.807) is 12.3 Å². The number of nitrogens with one attached hydrogen (secondary N) is 2. The average molecular weight is 285 g/mol. The van der Waals surface area contributed by atoms with Gasteiger partial charge in [0.05, 0.1) is 12.8 Å². The summed E-state index contributed by atoms with van der Waals surface area (Å²) in [7, 11) is 0. The van der Waals surface area contributed by atoms with Gasteiger partial charge in [-0.1, -0.05) is 5.16 Å². The van der Waals surface area contributed by atoms with Gasteiger partial charge >= 0.3 is 0 Å². The van der Waals surface area contributed by atoms with Crippen molar-refractivity contribution in [2.24, 2.45) is 0 Å². The molecule has 0 atom stereocenters. The summed E-state index contributed by atoms with van der Waals surface area (Å²) in [6, 6.07) is 7.39. The van der Waals surface area contributed by atoms with Crippen LogP contribution < -0.4 is 10.6 Å². The predicted molar refractivity (Wildman–Crippen MR) is 77.3 cm³/mol. The van der Waals surface area contributed by atoms with E-state index in [4.69, 9.17) is 8.94 Å². The van der Waals surface area contributed by atoms with Gasteiger partial charge in [-0.2, -0.15) is 4.98 Å². The maximum Gasteiger partial charge on any atom is 0.230 e. The molecule has 0 bridgehead atoms. The molecule has 0 amide bonds. The van der Waals surface area contributed by atoms with Crippen molar-refractivity contribution in [1.82, 2.24) is 15.1 Å². The standard InChI is InChI=1S/C14H15N5O2/c1-9-6-12(15-8-11-4-3-5-20-11)17-14(16-9)18-13-7-10(2)21-19-13/h3-7H,8H2,1-2H3,(H2,15,16,17,18,19). The molecule has 108 valence electrons. The highest BCUT2D eigenvalue weighted by Gasteiger charge is 2.06. The van der Waals surface area contributed by atoms with Gasteiger partial charge in [0.1, 0.15) is 17.3 Å². The van der Waals surface area contributed by atoms with E-state index in [0.29, 0.717) is 24.1 Å². The summed E-state index contributed by atoms with van der Waals surface area (Å²) in [4.78, 5) is 8.70. The molecule has 2 N–H and O–H groups in total. The molecule has 7 heteroatoms. The molecule has 0 aliphatic carbocycles.